The molecule has 1 heterocycles. The lowest BCUT2D eigenvalue weighted by molar-refractivity contribution is -0.115. The number of nitrogens with zero attached hydrogens (tertiary/aromatic N) is 2. The normalized spacial score (nSPS) is 12.3. The molecule has 0 bridgehead atoms. The summed E-state index contributed by atoms with van der Waals surface area (Å²) in [5.74, 6) is -0.267. The van der Waals surface area contributed by atoms with Gasteiger partial charge in [-0.2, -0.15) is 0 Å². The van der Waals surface area contributed by atoms with Crippen molar-refractivity contribution in [3.63, 3.8) is 0 Å². The van der Waals surface area contributed by atoms with Crippen LogP contribution in [0, 0.1) is 0 Å². The quantitative estimate of drug-likeness (QED) is 0.237. The van der Waals surface area contributed by atoms with E-state index in [1.165, 1.54) is 11.8 Å². The van der Waals surface area contributed by atoms with Crippen LogP contribution in [-0.4, -0.2) is 33.4 Å². The van der Waals surface area contributed by atoms with E-state index in [0.29, 0.717) is 51.4 Å². The minimum atomic E-state index is -0.531. The van der Waals surface area contributed by atoms with E-state index in [4.69, 9.17) is 27.9 Å². The molecule has 6 nitrogen and oxygen atoms in total. The van der Waals surface area contributed by atoms with E-state index in [2.05, 4.69) is 10.3 Å². The Morgan fingerprint density at radius 1 is 1.19 bits per heavy atom. The topological polar surface area (TPSA) is 73.2 Å². The molecule has 1 unspecified atom stereocenters. The van der Waals surface area contributed by atoms with Crippen molar-refractivity contribution in [2.45, 2.75) is 50.2 Å². The van der Waals surface area contributed by atoms with E-state index in [1.54, 1.807) is 41.8 Å². The first kappa shape index (κ1) is 24.6. The first-order valence-electron chi connectivity index (χ1n) is 10.3. The Labute approximate surface area is 201 Å². The average molecular weight is 494 g/mol. The molecule has 0 saturated carbocycles. The van der Waals surface area contributed by atoms with Gasteiger partial charge in [0, 0.05) is 18.2 Å². The minimum absolute atomic E-state index is 0.123. The molecule has 2 aromatic carbocycles. The Hall–Kier alpha value is -2.06. The number of anilines is 1. The highest BCUT2D eigenvalue weighted by molar-refractivity contribution is 8.00. The Morgan fingerprint density at radius 3 is 2.69 bits per heavy atom. The Morgan fingerprint density at radius 2 is 1.94 bits per heavy atom. The standard InChI is InChI=1S/C23H25Cl2N3O3S/c1-14(2)31-12-6-11-28-22(30)17-7-4-5-8-19(17)27-23(28)32-15(3)21(29)26-20-13-16(24)9-10-18(20)25/h4-5,7-10,13-15H,6,11-12H2,1-3H3,(H,26,29). The molecule has 0 aliphatic carbocycles. The second-order valence-electron chi connectivity index (χ2n) is 7.51. The van der Waals surface area contributed by atoms with Crippen LogP contribution in [0.4, 0.5) is 5.69 Å². The van der Waals surface area contributed by atoms with E-state index in [9.17, 15) is 9.59 Å². The molecule has 1 aromatic heterocycles. The third-order valence-corrected chi connectivity index (χ3v) is 6.30. The van der Waals surface area contributed by atoms with Crippen molar-refractivity contribution in [1.82, 2.24) is 9.55 Å². The second kappa shape index (κ2) is 11.2. The van der Waals surface area contributed by atoms with Crippen LogP contribution in [0.3, 0.4) is 0 Å². The SMILES string of the molecule is CC(C)OCCCn1c(SC(C)C(=O)Nc2cc(Cl)ccc2Cl)nc2ccccc2c1=O. The zero-order valence-corrected chi connectivity index (χ0v) is 20.4. The molecule has 0 spiro atoms. The van der Waals surface area contributed by atoms with E-state index in [-0.39, 0.29) is 17.6 Å². The molecule has 0 aliphatic heterocycles. The monoisotopic (exact) mass is 493 g/mol. The minimum Gasteiger partial charge on any atom is -0.379 e. The fraction of sp³-hybridized carbons (Fsp3) is 0.348. The first-order valence-corrected chi connectivity index (χ1v) is 11.9. The Balaban J connectivity index is 1.83. The lowest BCUT2D eigenvalue weighted by Gasteiger charge is -2.17. The average Bonchev–Trinajstić information content (AvgIpc) is 2.75. The van der Waals surface area contributed by atoms with Gasteiger partial charge in [-0.05, 0) is 57.5 Å². The zero-order chi connectivity index (χ0) is 23.3. The molecule has 0 aliphatic rings. The van der Waals surface area contributed by atoms with Crippen LogP contribution in [0.25, 0.3) is 10.9 Å². The fourth-order valence-corrected chi connectivity index (χ4v) is 4.29. The number of para-hydroxylation sites is 1. The zero-order valence-electron chi connectivity index (χ0n) is 18.1. The van der Waals surface area contributed by atoms with Crippen molar-refractivity contribution in [2.24, 2.45) is 0 Å². The van der Waals surface area contributed by atoms with Crippen molar-refractivity contribution in [3.8, 4) is 0 Å². The van der Waals surface area contributed by atoms with Gasteiger partial charge in [-0.15, -0.1) is 0 Å². The van der Waals surface area contributed by atoms with Crippen molar-refractivity contribution in [2.75, 3.05) is 11.9 Å². The van der Waals surface area contributed by atoms with Crippen molar-refractivity contribution < 1.29 is 9.53 Å². The maximum atomic E-state index is 13.1. The summed E-state index contributed by atoms with van der Waals surface area (Å²) >= 11 is 13.4. The van der Waals surface area contributed by atoms with Gasteiger partial charge < -0.3 is 10.1 Å². The summed E-state index contributed by atoms with van der Waals surface area (Å²) < 4.78 is 7.23. The summed E-state index contributed by atoms with van der Waals surface area (Å²) in [4.78, 5) is 30.6. The van der Waals surface area contributed by atoms with Crippen LogP contribution < -0.4 is 10.9 Å². The lowest BCUT2D eigenvalue weighted by Crippen LogP contribution is -2.27. The number of ether oxygens (including phenoxy) is 1. The Bertz CT molecular complexity index is 1170. The van der Waals surface area contributed by atoms with Crippen molar-refractivity contribution in [3.05, 3.63) is 62.9 Å². The molecule has 3 aromatic rings. The summed E-state index contributed by atoms with van der Waals surface area (Å²) in [6.45, 7) is 6.67. The van der Waals surface area contributed by atoms with Gasteiger partial charge in [0.25, 0.3) is 5.56 Å². The number of halogens is 2. The van der Waals surface area contributed by atoms with Crippen LogP contribution in [0.5, 0.6) is 0 Å². The Kier molecular flexibility index (Phi) is 8.59. The molecule has 32 heavy (non-hydrogen) atoms. The van der Waals surface area contributed by atoms with Crippen molar-refractivity contribution >= 4 is 57.5 Å². The molecule has 1 N–H and O–H groups in total. The summed E-state index contributed by atoms with van der Waals surface area (Å²) in [5.41, 5.74) is 0.902. The molecule has 1 atom stereocenters. The maximum Gasteiger partial charge on any atom is 0.262 e. The van der Waals surface area contributed by atoms with Gasteiger partial charge >= 0.3 is 0 Å². The van der Waals surface area contributed by atoms with Crippen LogP contribution in [0.15, 0.2) is 52.4 Å². The van der Waals surface area contributed by atoms with Crippen LogP contribution in [0.2, 0.25) is 10.0 Å². The maximum absolute atomic E-state index is 13.1. The smallest absolute Gasteiger partial charge is 0.262 e. The third-order valence-electron chi connectivity index (χ3n) is 4.64. The number of aromatic nitrogens is 2. The molecule has 0 fully saturated rings. The highest BCUT2D eigenvalue weighted by Crippen LogP contribution is 2.28. The molecule has 0 radical (unpaired) electrons. The van der Waals surface area contributed by atoms with Crippen LogP contribution >= 0.6 is 35.0 Å². The van der Waals surface area contributed by atoms with Gasteiger partial charge in [0.1, 0.15) is 0 Å². The van der Waals surface area contributed by atoms with E-state index < -0.39 is 5.25 Å². The molecule has 0 saturated heterocycles. The predicted molar refractivity (Wildman–Crippen MR) is 132 cm³/mol. The van der Waals surface area contributed by atoms with Crippen LogP contribution in [-0.2, 0) is 16.1 Å². The van der Waals surface area contributed by atoms with Gasteiger partial charge in [0.15, 0.2) is 5.16 Å². The number of carbonyl (C=O) groups excluding carboxylic acids is 1. The fourth-order valence-electron chi connectivity index (χ4n) is 3.02. The number of fused-ring (bicyclic) bond motifs is 1. The molecular formula is C23H25Cl2N3O3S. The summed E-state index contributed by atoms with van der Waals surface area (Å²) in [6.07, 6.45) is 0.780. The number of thioether (sulfide) groups is 1. The largest absolute Gasteiger partial charge is 0.379 e. The summed E-state index contributed by atoms with van der Waals surface area (Å²) in [6, 6.07) is 12.1. The van der Waals surface area contributed by atoms with Gasteiger partial charge in [0.05, 0.1) is 33.0 Å². The molecule has 3 rings (SSSR count). The van der Waals surface area contributed by atoms with E-state index >= 15 is 0 Å². The molecule has 170 valence electrons. The number of carbonyl (C=O) groups is 1. The summed E-state index contributed by atoms with van der Waals surface area (Å²) in [5, 5.41) is 4.16. The lowest BCUT2D eigenvalue weighted by atomic mass is 10.2. The van der Waals surface area contributed by atoms with Crippen LogP contribution in [0.1, 0.15) is 27.2 Å². The summed E-state index contributed by atoms with van der Waals surface area (Å²) in [7, 11) is 0. The molecular weight excluding hydrogens is 469 g/mol. The highest BCUT2D eigenvalue weighted by atomic mass is 35.5. The number of nitrogens with one attached hydrogen (secondary N) is 1. The first-order chi connectivity index (χ1) is 15.3. The van der Waals surface area contributed by atoms with Gasteiger partial charge in [0.2, 0.25) is 5.91 Å². The van der Waals surface area contributed by atoms with Gasteiger partial charge in [-0.1, -0.05) is 47.1 Å². The predicted octanol–water partition coefficient (Wildman–Crippen LogP) is 5.64. The van der Waals surface area contributed by atoms with E-state index in [1.807, 2.05) is 26.0 Å². The number of hydrogen-bond donors (Lipinski definition) is 1. The van der Waals surface area contributed by atoms with E-state index in [0.717, 1.165) is 0 Å². The third kappa shape index (κ3) is 6.25. The number of hydrogen-bond acceptors (Lipinski definition) is 5. The number of amides is 1. The van der Waals surface area contributed by atoms with Gasteiger partial charge in [-0.3, -0.25) is 14.2 Å². The second-order valence-corrected chi connectivity index (χ2v) is 9.67. The molecule has 1 amide bonds. The number of benzene rings is 2. The number of rotatable bonds is 9. The molecule has 9 heteroatoms. The van der Waals surface area contributed by atoms with Crippen molar-refractivity contribution in [1.29, 1.82) is 0 Å². The van der Waals surface area contributed by atoms with Gasteiger partial charge in [-0.25, -0.2) is 4.98 Å². The highest BCUT2D eigenvalue weighted by Gasteiger charge is 2.20.